The van der Waals surface area contributed by atoms with Crippen LogP contribution >= 0.6 is 0 Å². The van der Waals surface area contributed by atoms with Crippen LogP contribution in [0.1, 0.15) is 33.6 Å². The third kappa shape index (κ3) is 4.95. The molecule has 0 spiro atoms. The zero-order chi connectivity index (χ0) is 29.6. The fraction of sp³-hybridized carbons (Fsp3) is 0. The predicted molar refractivity (Wildman–Crippen MR) is 159 cm³/mol. The maximum atomic E-state index is 9.91. The van der Waals surface area contributed by atoms with E-state index in [1.54, 1.807) is 60.7 Å². The Hall–Kier alpha value is -6.88. The lowest BCUT2D eigenvalue weighted by atomic mass is 10.0. The maximum Gasteiger partial charge on any atom is 0.145 e. The van der Waals surface area contributed by atoms with Crippen LogP contribution in [0, 0.1) is 45.3 Å². The third-order valence-corrected chi connectivity index (χ3v) is 6.38. The van der Waals surface area contributed by atoms with Crippen molar-refractivity contribution >= 4 is 34.9 Å². The zero-order valence-corrected chi connectivity index (χ0v) is 22.0. The lowest BCUT2D eigenvalue weighted by Gasteiger charge is -2.02. The minimum atomic E-state index is 0.104. The highest BCUT2D eigenvalue weighted by molar-refractivity contribution is 5.93. The van der Waals surface area contributed by atoms with Gasteiger partial charge in [0, 0.05) is 0 Å². The molecule has 0 amide bonds. The van der Waals surface area contributed by atoms with Crippen LogP contribution in [-0.2, 0) is 0 Å². The number of anilines is 2. The van der Waals surface area contributed by atoms with E-state index in [1.165, 1.54) is 9.36 Å². The number of nitriles is 4. The van der Waals surface area contributed by atoms with Crippen molar-refractivity contribution in [2.24, 2.45) is 0 Å². The number of nitrogens with zero attached hydrogens (tertiary/aromatic N) is 8. The van der Waals surface area contributed by atoms with Crippen molar-refractivity contribution in [3.05, 3.63) is 119 Å². The molecule has 0 unspecified atom stereocenters. The highest BCUT2D eigenvalue weighted by atomic mass is 15.3. The maximum absolute atomic E-state index is 9.91. The molecule has 0 atom stereocenters. The molecule has 10 heteroatoms. The Morgan fingerprint density at radius 1 is 0.571 bits per heavy atom. The number of benzene rings is 3. The van der Waals surface area contributed by atoms with E-state index in [-0.39, 0.29) is 45.3 Å². The fourth-order valence-electron chi connectivity index (χ4n) is 4.32. The molecule has 0 aliphatic rings. The highest BCUT2D eigenvalue weighted by Gasteiger charge is 2.21. The van der Waals surface area contributed by atoms with Crippen LogP contribution < -0.4 is 11.5 Å². The van der Waals surface area contributed by atoms with Crippen LogP contribution in [-0.4, -0.2) is 19.6 Å². The summed E-state index contributed by atoms with van der Waals surface area (Å²) >= 11 is 0. The minimum absolute atomic E-state index is 0.104. The summed E-state index contributed by atoms with van der Waals surface area (Å²) < 4.78 is 2.86. The van der Waals surface area contributed by atoms with E-state index in [4.69, 9.17) is 11.5 Å². The summed E-state index contributed by atoms with van der Waals surface area (Å²) in [6.45, 7) is 0. The van der Waals surface area contributed by atoms with Crippen molar-refractivity contribution in [3.63, 3.8) is 0 Å². The summed E-state index contributed by atoms with van der Waals surface area (Å²) in [7, 11) is 0. The van der Waals surface area contributed by atoms with Gasteiger partial charge in [-0.25, -0.2) is 9.36 Å². The van der Waals surface area contributed by atoms with Crippen molar-refractivity contribution in [3.8, 4) is 35.7 Å². The summed E-state index contributed by atoms with van der Waals surface area (Å²) in [6, 6.07) is 33.5. The summed E-state index contributed by atoms with van der Waals surface area (Å²) in [5.41, 5.74) is 15.9. The number of rotatable bonds is 6. The van der Waals surface area contributed by atoms with Gasteiger partial charge in [-0.05, 0) is 47.5 Å². The van der Waals surface area contributed by atoms with E-state index in [9.17, 15) is 21.0 Å². The molecule has 2 aromatic heterocycles. The second-order valence-electron chi connectivity index (χ2n) is 8.94. The standard InChI is InChI=1S/C32H20N10/c33-17-23(29-27(19-35)31(37)41(39-29)25-7-3-1-4-8-25)15-21-11-13-22(14-12-21)16-24(18-34)30-28(20-36)32(38)42(40-30)26-9-5-2-6-10-26/h1-16H,37-38H2/b23-15-,24-16+. The van der Waals surface area contributed by atoms with Gasteiger partial charge in [0.05, 0.1) is 22.5 Å². The average Bonchev–Trinajstić information content (AvgIpc) is 3.55. The predicted octanol–water partition coefficient (Wildman–Crippen LogP) is 5.09. The number of hydrogen-bond donors (Lipinski definition) is 2. The van der Waals surface area contributed by atoms with Crippen molar-refractivity contribution in [1.82, 2.24) is 19.6 Å². The van der Waals surface area contributed by atoms with Gasteiger partial charge in [0.25, 0.3) is 0 Å². The molecule has 0 saturated heterocycles. The van der Waals surface area contributed by atoms with Gasteiger partial charge in [0.1, 0.15) is 58.4 Å². The molecule has 42 heavy (non-hydrogen) atoms. The van der Waals surface area contributed by atoms with E-state index >= 15 is 0 Å². The Balaban J connectivity index is 1.48. The molecule has 0 fully saturated rings. The monoisotopic (exact) mass is 544 g/mol. The number of allylic oxidation sites excluding steroid dienone is 2. The normalized spacial score (nSPS) is 11.2. The molecule has 0 aliphatic heterocycles. The average molecular weight is 545 g/mol. The van der Waals surface area contributed by atoms with Gasteiger partial charge >= 0.3 is 0 Å². The van der Waals surface area contributed by atoms with E-state index in [2.05, 4.69) is 34.5 Å². The van der Waals surface area contributed by atoms with Crippen molar-refractivity contribution in [1.29, 1.82) is 21.0 Å². The molecule has 4 N–H and O–H groups in total. The lowest BCUT2D eigenvalue weighted by Crippen LogP contribution is -2.02. The summed E-state index contributed by atoms with van der Waals surface area (Å²) in [4.78, 5) is 0. The van der Waals surface area contributed by atoms with Crippen molar-refractivity contribution in [2.75, 3.05) is 11.5 Å². The first-order valence-corrected chi connectivity index (χ1v) is 12.5. The second-order valence-corrected chi connectivity index (χ2v) is 8.94. The Labute approximate surface area is 241 Å². The SMILES string of the molecule is N#C/C(=C\c1ccc(/C=C(/C#N)c2nn(-c3ccccc3)c(N)c2C#N)cc1)c1nn(-c2ccccc2)c(N)c1C#N. The largest absolute Gasteiger partial charge is 0.382 e. The summed E-state index contributed by atoms with van der Waals surface area (Å²) in [5.74, 6) is 0.271. The molecule has 198 valence electrons. The Bertz CT molecular complexity index is 1870. The smallest absolute Gasteiger partial charge is 0.145 e. The first kappa shape index (κ1) is 26.7. The van der Waals surface area contributed by atoms with Crippen molar-refractivity contribution in [2.45, 2.75) is 0 Å². The topological polar surface area (TPSA) is 183 Å². The molecule has 5 aromatic rings. The van der Waals surface area contributed by atoms with Gasteiger partial charge < -0.3 is 11.5 Å². The van der Waals surface area contributed by atoms with E-state index in [1.807, 2.05) is 36.4 Å². The van der Waals surface area contributed by atoms with Gasteiger partial charge in [-0.15, -0.1) is 0 Å². The number of para-hydroxylation sites is 2. The van der Waals surface area contributed by atoms with Gasteiger partial charge in [-0.1, -0.05) is 60.7 Å². The summed E-state index contributed by atoms with van der Waals surface area (Å²) in [5, 5.41) is 48.2. The van der Waals surface area contributed by atoms with Crippen LogP contribution in [0.15, 0.2) is 84.9 Å². The van der Waals surface area contributed by atoms with Crippen LogP contribution in [0.4, 0.5) is 11.6 Å². The van der Waals surface area contributed by atoms with E-state index in [0.29, 0.717) is 22.5 Å². The Morgan fingerprint density at radius 2 is 0.929 bits per heavy atom. The number of hydrogen-bond acceptors (Lipinski definition) is 8. The van der Waals surface area contributed by atoms with E-state index in [0.717, 1.165) is 0 Å². The fourth-order valence-corrected chi connectivity index (χ4v) is 4.32. The third-order valence-electron chi connectivity index (χ3n) is 6.38. The van der Waals surface area contributed by atoms with Gasteiger partial charge in [-0.2, -0.15) is 31.2 Å². The van der Waals surface area contributed by atoms with Gasteiger partial charge in [0.15, 0.2) is 0 Å². The van der Waals surface area contributed by atoms with Crippen LogP contribution in [0.2, 0.25) is 0 Å². The number of aromatic nitrogens is 4. The molecule has 2 heterocycles. The Kier molecular flexibility index (Phi) is 7.30. The molecule has 0 aliphatic carbocycles. The molecular weight excluding hydrogens is 524 g/mol. The van der Waals surface area contributed by atoms with Crippen LogP contribution in [0.5, 0.6) is 0 Å². The van der Waals surface area contributed by atoms with Crippen molar-refractivity contribution < 1.29 is 0 Å². The molecule has 0 saturated carbocycles. The van der Waals surface area contributed by atoms with Gasteiger partial charge in [0.2, 0.25) is 0 Å². The highest BCUT2D eigenvalue weighted by Crippen LogP contribution is 2.29. The number of nitrogen functional groups attached to an aromatic ring is 2. The minimum Gasteiger partial charge on any atom is -0.382 e. The molecule has 10 nitrogen and oxygen atoms in total. The summed E-state index contributed by atoms with van der Waals surface area (Å²) in [6.07, 6.45) is 3.21. The first-order chi connectivity index (χ1) is 20.5. The second kappa shape index (κ2) is 11.5. The molecular formula is C32H20N10. The zero-order valence-electron chi connectivity index (χ0n) is 22.0. The van der Waals surface area contributed by atoms with Gasteiger partial charge in [-0.3, -0.25) is 0 Å². The first-order valence-electron chi connectivity index (χ1n) is 12.5. The van der Waals surface area contributed by atoms with Crippen LogP contribution in [0.25, 0.3) is 34.7 Å². The van der Waals surface area contributed by atoms with E-state index < -0.39 is 0 Å². The lowest BCUT2D eigenvalue weighted by molar-refractivity contribution is 0.885. The molecule has 0 bridgehead atoms. The number of nitrogens with two attached hydrogens (primary N) is 2. The molecule has 3 aromatic carbocycles. The molecule has 5 rings (SSSR count). The molecule has 0 radical (unpaired) electrons. The van der Waals surface area contributed by atoms with Crippen LogP contribution in [0.3, 0.4) is 0 Å². The quantitative estimate of drug-likeness (QED) is 0.277. The Morgan fingerprint density at radius 3 is 1.24 bits per heavy atom.